The summed E-state index contributed by atoms with van der Waals surface area (Å²) in [6.45, 7) is 8.06. The highest BCUT2D eigenvalue weighted by Gasteiger charge is 2.26. The van der Waals surface area contributed by atoms with Gasteiger partial charge in [-0.05, 0) is 37.1 Å². The predicted molar refractivity (Wildman–Crippen MR) is 143 cm³/mol. The first-order valence-corrected chi connectivity index (χ1v) is 14.2. The van der Waals surface area contributed by atoms with Crippen LogP contribution in [0.4, 0.5) is 10.8 Å². The molecule has 0 aromatic carbocycles. The van der Waals surface area contributed by atoms with Crippen LogP contribution in [0.3, 0.4) is 0 Å². The van der Waals surface area contributed by atoms with E-state index < -0.39 is 10.0 Å². The van der Waals surface area contributed by atoms with Gasteiger partial charge >= 0.3 is 0 Å². The summed E-state index contributed by atoms with van der Waals surface area (Å²) >= 11 is 1.22. The quantitative estimate of drug-likeness (QED) is 0.361. The number of hydrogen-bond donors (Lipinski definition) is 2. The summed E-state index contributed by atoms with van der Waals surface area (Å²) in [5.74, 6) is 0.571. The second kappa shape index (κ2) is 9.77. The highest BCUT2D eigenvalue weighted by Crippen LogP contribution is 2.35. The maximum atomic E-state index is 13.2. The van der Waals surface area contributed by atoms with Gasteiger partial charge in [0, 0.05) is 44.6 Å². The van der Waals surface area contributed by atoms with Gasteiger partial charge in [-0.3, -0.25) is 9.08 Å². The minimum atomic E-state index is -3.56. The molecule has 0 saturated carbocycles. The molecule has 5 heterocycles. The minimum Gasteiger partial charge on any atom is -0.329 e. The Hall–Kier alpha value is -3.06. The Morgan fingerprint density at radius 2 is 2.03 bits per heavy atom. The Kier molecular flexibility index (Phi) is 6.68. The molecule has 1 aliphatic heterocycles. The Bertz CT molecular complexity index is 1540. The van der Waals surface area contributed by atoms with Gasteiger partial charge in [0.05, 0.1) is 28.8 Å². The van der Waals surface area contributed by atoms with Crippen LogP contribution in [0.1, 0.15) is 31.5 Å². The molecule has 0 fully saturated rings. The van der Waals surface area contributed by atoms with Crippen LogP contribution >= 0.6 is 11.3 Å². The molecule has 190 valence electrons. The Morgan fingerprint density at radius 3 is 2.69 bits per heavy atom. The van der Waals surface area contributed by atoms with Crippen LogP contribution < -0.4 is 10.6 Å². The van der Waals surface area contributed by atoms with Crippen molar-refractivity contribution in [2.45, 2.75) is 31.4 Å². The molecule has 12 heteroatoms. The van der Waals surface area contributed by atoms with Gasteiger partial charge in [0.1, 0.15) is 4.21 Å². The molecule has 36 heavy (non-hydrogen) atoms. The van der Waals surface area contributed by atoms with Crippen LogP contribution in [0.25, 0.3) is 22.5 Å². The second-order valence-corrected chi connectivity index (χ2v) is 11.9. The fraction of sp³-hybridized carbons (Fsp3) is 0.375. The van der Waals surface area contributed by atoms with Crippen LogP contribution in [0.2, 0.25) is 0 Å². The maximum absolute atomic E-state index is 13.2. The number of imidazole rings is 1. The van der Waals surface area contributed by atoms with Crippen molar-refractivity contribution in [2.75, 3.05) is 31.5 Å². The van der Waals surface area contributed by atoms with Crippen LogP contribution in [0, 0.1) is 6.92 Å². The third-order valence-corrected chi connectivity index (χ3v) is 10.1. The SMILES string of the molecule is CCN(CC)S(=O)(=O)c1sc(Nc2nc(C3=CCCNC3)cn3c(-c4cnn(C)c4)cnc23)cc1C. The molecule has 2 N–H and O–H groups in total. The molecule has 0 atom stereocenters. The third-order valence-electron chi connectivity index (χ3n) is 6.24. The predicted octanol–water partition coefficient (Wildman–Crippen LogP) is 3.65. The lowest BCUT2D eigenvalue weighted by molar-refractivity contribution is 0.446. The number of fused-ring (bicyclic) bond motifs is 1. The standard InChI is InChI=1S/C24H30N8O2S2/c1-5-31(6-2)36(33,34)24-16(3)10-21(35-24)29-22-23-26-13-20(18-12-27-30(4)14-18)32(23)15-19(28-22)17-8-7-9-25-11-17/h8,10,12-15,25H,5-7,9,11H2,1-4H3,(H,28,29). The van der Waals surface area contributed by atoms with Crippen molar-refractivity contribution in [2.24, 2.45) is 7.05 Å². The van der Waals surface area contributed by atoms with E-state index in [1.54, 1.807) is 4.68 Å². The first-order chi connectivity index (χ1) is 17.3. The maximum Gasteiger partial charge on any atom is 0.252 e. The Balaban J connectivity index is 1.60. The van der Waals surface area contributed by atoms with E-state index in [1.165, 1.54) is 15.6 Å². The molecule has 0 saturated heterocycles. The summed E-state index contributed by atoms with van der Waals surface area (Å²) in [6.07, 6.45) is 10.7. The van der Waals surface area contributed by atoms with E-state index in [1.807, 2.05) is 63.1 Å². The van der Waals surface area contributed by atoms with Crippen LogP contribution in [0.5, 0.6) is 0 Å². The van der Waals surface area contributed by atoms with Gasteiger partial charge < -0.3 is 10.6 Å². The molecule has 4 aromatic heterocycles. The van der Waals surface area contributed by atoms with E-state index in [2.05, 4.69) is 26.8 Å². The fourth-order valence-electron chi connectivity index (χ4n) is 4.41. The number of aryl methyl sites for hydroxylation is 2. The monoisotopic (exact) mass is 526 g/mol. The molecule has 10 nitrogen and oxygen atoms in total. The largest absolute Gasteiger partial charge is 0.329 e. The van der Waals surface area contributed by atoms with Crippen LogP contribution in [0.15, 0.2) is 41.1 Å². The average Bonchev–Trinajstić information content (AvgIpc) is 3.58. The topological polar surface area (TPSA) is 109 Å². The lowest BCUT2D eigenvalue weighted by atomic mass is 10.1. The molecule has 0 bridgehead atoms. The van der Waals surface area contributed by atoms with E-state index in [9.17, 15) is 8.42 Å². The van der Waals surface area contributed by atoms with Crippen molar-refractivity contribution in [1.82, 2.24) is 33.8 Å². The normalized spacial score (nSPS) is 14.5. The molecule has 5 rings (SSSR count). The third kappa shape index (κ3) is 4.45. The van der Waals surface area contributed by atoms with E-state index in [4.69, 9.17) is 4.98 Å². The lowest BCUT2D eigenvalue weighted by Gasteiger charge is -2.17. The number of nitrogens with zero attached hydrogens (tertiary/aromatic N) is 6. The Labute approximate surface area is 214 Å². The highest BCUT2D eigenvalue weighted by atomic mass is 32.2. The van der Waals surface area contributed by atoms with Gasteiger partial charge in [-0.25, -0.2) is 18.4 Å². The van der Waals surface area contributed by atoms with Crippen molar-refractivity contribution in [1.29, 1.82) is 0 Å². The highest BCUT2D eigenvalue weighted by molar-refractivity contribution is 7.91. The first kappa shape index (κ1) is 24.6. The Morgan fingerprint density at radius 1 is 1.22 bits per heavy atom. The molecule has 0 radical (unpaired) electrons. The average molecular weight is 527 g/mol. The molecule has 4 aromatic rings. The van der Waals surface area contributed by atoms with E-state index in [0.717, 1.165) is 42.0 Å². The summed E-state index contributed by atoms with van der Waals surface area (Å²) in [4.78, 5) is 9.59. The summed E-state index contributed by atoms with van der Waals surface area (Å²) < 4.78 is 31.9. The minimum absolute atomic E-state index is 0.347. The number of nitrogens with one attached hydrogen (secondary N) is 2. The molecule has 1 aliphatic rings. The van der Waals surface area contributed by atoms with Gasteiger partial charge in [0.15, 0.2) is 11.5 Å². The zero-order valence-electron chi connectivity index (χ0n) is 20.8. The van der Waals surface area contributed by atoms with Gasteiger partial charge in [-0.15, -0.1) is 11.3 Å². The number of rotatable bonds is 8. The van der Waals surface area contributed by atoms with E-state index >= 15 is 0 Å². The van der Waals surface area contributed by atoms with Crippen LogP contribution in [-0.4, -0.2) is 63.1 Å². The van der Waals surface area contributed by atoms with Crippen molar-refractivity contribution < 1.29 is 8.42 Å². The summed E-state index contributed by atoms with van der Waals surface area (Å²) in [6, 6.07) is 1.86. The van der Waals surface area contributed by atoms with Gasteiger partial charge in [0.2, 0.25) is 0 Å². The summed E-state index contributed by atoms with van der Waals surface area (Å²) in [5, 5.41) is 11.8. The number of thiophene rings is 1. The second-order valence-electron chi connectivity index (χ2n) is 8.70. The number of hydrogen-bond acceptors (Lipinski definition) is 8. The van der Waals surface area contributed by atoms with Crippen molar-refractivity contribution in [3.63, 3.8) is 0 Å². The number of aromatic nitrogens is 5. The van der Waals surface area contributed by atoms with E-state index in [-0.39, 0.29) is 0 Å². The summed E-state index contributed by atoms with van der Waals surface area (Å²) in [7, 11) is -1.67. The molecule has 0 aliphatic carbocycles. The number of anilines is 2. The van der Waals surface area contributed by atoms with Gasteiger partial charge in [-0.1, -0.05) is 19.9 Å². The molecular formula is C24H30N8O2S2. The smallest absolute Gasteiger partial charge is 0.252 e. The molecule has 0 spiro atoms. The van der Waals surface area contributed by atoms with E-state index in [0.29, 0.717) is 39.3 Å². The van der Waals surface area contributed by atoms with Crippen molar-refractivity contribution in [3.05, 3.63) is 48.2 Å². The fourth-order valence-corrected chi connectivity index (χ4v) is 7.60. The summed E-state index contributed by atoms with van der Waals surface area (Å²) in [5.41, 5.74) is 5.17. The van der Waals surface area contributed by atoms with Gasteiger partial charge in [0.25, 0.3) is 10.0 Å². The molecule has 0 amide bonds. The zero-order chi connectivity index (χ0) is 25.4. The molecular weight excluding hydrogens is 496 g/mol. The van der Waals surface area contributed by atoms with Gasteiger partial charge in [-0.2, -0.15) is 9.40 Å². The van der Waals surface area contributed by atoms with Crippen molar-refractivity contribution >= 4 is 43.4 Å². The molecule has 0 unspecified atom stereocenters. The lowest BCUT2D eigenvalue weighted by Crippen LogP contribution is -2.30. The number of sulfonamides is 1. The first-order valence-electron chi connectivity index (χ1n) is 12.0. The zero-order valence-corrected chi connectivity index (χ0v) is 22.4. The van der Waals surface area contributed by atoms with Crippen molar-refractivity contribution in [3.8, 4) is 11.3 Å². The van der Waals surface area contributed by atoms with Crippen LogP contribution in [-0.2, 0) is 17.1 Å².